The number of ether oxygens (including phenoxy) is 2. The number of benzene rings is 1. The zero-order valence-electron chi connectivity index (χ0n) is 31.7. The Morgan fingerprint density at radius 2 is 1.57 bits per heavy atom. The van der Waals surface area contributed by atoms with Crippen LogP contribution < -0.4 is 5.32 Å². The number of carboxylic acid groups (broad SMARTS) is 1. The first kappa shape index (κ1) is 37.4. The van der Waals surface area contributed by atoms with Crippen LogP contribution in [0.15, 0.2) is 36.4 Å². The summed E-state index contributed by atoms with van der Waals surface area (Å²) in [6, 6.07) is 5.55. The van der Waals surface area contributed by atoms with Crippen molar-refractivity contribution in [2.75, 3.05) is 7.11 Å². The number of carbonyl (C=O) groups excluding carboxylic acids is 3. The van der Waals surface area contributed by atoms with Gasteiger partial charge in [0.25, 0.3) is 0 Å². The second kappa shape index (κ2) is 12.9. The van der Waals surface area contributed by atoms with Gasteiger partial charge in [0.05, 0.1) is 17.9 Å². The number of esters is 2. The highest BCUT2D eigenvalue weighted by molar-refractivity contribution is 5.89. The molecule has 1 aromatic rings. The van der Waals surface area contributed by atoms with Gasteiger partial charge in [0.2, 0.25) is 5.91 Å². The molecule has 5 aliphatic rings. The molecule has 0 bridgehead atoms. The number of rotatable bonds is 8. The van der Waals surface area contributed by atoms with Gasteiger partial charge >= 0.3 is 17.9 Å². The van der Waals surface area contributed by atoms with E-state index in [0.717, 1.165) is 62.5 Å². The lowest BCUT2D eigenvalue weighted by Crippen LogP contribution is -2.69. The Labute approximate surface area is 303 Å². The van der Waals surface area contributed by atoms with Gasteiger partial charge in [0, 0.05) is 13.3 Å². The first-order valence-electron chi connectivity index (χ1n) is 19.1. The molecule has 3 N–H and O–H groups in total. The number of methoxy groups -OCH3 is 1. The predicted octanol–water partition coefficient (Wildman–Crippen LogP) is 7.25. The second-order valence-electron chi connectivity index (χ2n) is 18.0. The third-order valence-electron chi connectivity index (χ3n) is 16.1. The van der Waals surface area contributed by atoms with E-state index < -0.39 is 40.9 Å². The lowest BCUT2D eigenvalue weighted by Gasteiger charge is -2.72. The first-order valence-corrected chi connectivity index (χ1v) is 19.1. The molecule has 5 saturated carbocycles. The van der Waals surface area contributed by atoms with E-state index in [1.807, 2.05) is 6.92 Å². The number of phenolic OH excluding ortho intramolecular Hbond substituents is 1. The molecule has 0 unspecified atom stereocenters. The van der Waals surface area contributed by atoms with Gasteiger partial charge in [-0.2, -0.15) is 0 Å². The molecule has 12 atom stereocenters. The average molecular weight is 706 g/mol. The number of carbonyl (C=O) groups is 4. The maximum Gasteiger partial charge on any atom is 0.328 e. The molecule has 0 spiro atoms. The van der Waals surface area contributed by atoms with Gasteiger partial charge in [-0.15, -0.1) is 0 Å². The molecular weight excluding hydrogens is 646 g/mol. The number of nitrogens with one attached hydrogen (secondary N) is 1. The highest BCUT2D eigenvalue weighted by Gasteiger charge is 2.73. The smallest absolute Gasteiger partial charge is 0.328 e. The minimum absolute atomic E-state index is 0.0724. The summed E-state index contributed by atoms with van der Waals surface area (Å²) in [7, 11) is 1.30. The summed E-state index contributed by atoms with van der Waals surface area (Å²) in [5.74, 6) is -1.11. The fourth-order valence-corrected chi connectivity index (χ4v) is 13.4. The summed E-state index contributed by atoms with van der Waals surface area (Å²) < 4.78 is 11.1. The van der Waals surface area contributed by atoms with Gasteiger partial charge in [0.15, 0.2) is 0 Å². The minimum Gasteiger partial charge on any atom is -0.508 e. The van der Waals surface area contributed by atoms with E-state index in [-0.39, 0.29) is 63.9 Å². The van der Waals surface area contributed by atoms with Crippen LogP contribution in [0.5, 0.6) is 5.75 Å². The lowest BCUT2D eigenvalue weighted by atomic mass is 9.32. The number of hydrogen-bond acceptors (Lipinski definition) is 7. The summed E-state index contributed by atoms with van der Waals surface area (Å²) >= 11 is 0. The van der Waals surface area contributed by atoms with Crippen molar-refractivity contribution < 1.29 is 38.9 Å². The van der Waals surface area contributed by atoms with E-state index in [9.17, 15) is 29.4 Å². The molecule has 9 heteroatoms. The van der Waals surface area contributed by atoms with Gasteiger partial charge in [0.1, 0.15) is 17.9 Å². The molecule has 0 heterocycles. The Kier molecular flexibility index (Phi) is 9.49. The van der Waals surface area contributed by atoms with E-state index in [1.54, 1.807) is 24.3 Å². The average Bonchev–Trinajstić information content (AvgIpc) is 3.48. The number of aromatic hydroxyl groups is 1. The zero-order chi connectivity index (χ0) is 37.3. The molecule has 1 aromatic carbocycles. The molecule has 5 aliphatic carbocycles. The highest BCUT2D eigenvalue weighted by atomic mass is 16.5. The van der Waals surface area contributed by atoms with Crippen molar-refractivity contribution in [2.45, 2.75) is 124 Å². The number of amides is 1. The summed E-state index contributed by atoms with van der Waals surface area (Å²) in [5.41, 5.74) is -0.339. The summed E-state index contributed by atoms with van der Waals surface area (Å²) in [6.07, 6.45) is 7.61. The van der Waals surface area contributed by atoms with Gasteiger partial charge in [-0.3, -0.25) is 14.4 Å². The lowest BCUT2D eigenvalue weighted by molar-refractivity contribution is -0.250. The van der Waals surface area contributed by atoms with Crippen LogP contribution >= 0.6 is 0 Å². The van der Waals surface area contributed by atoms with Crippen LogP contribution in [0, 0.1) is 56.7 Å². The Balaban J connectivity index is 1.35. The van der Waals surface area contributed by atoms with Gasteiger partial charge in [-0.05, 0) is 142 Å². The molecule has 0 aliphatic heterocycles. The monoisotopic (exact) mass is 705 g/mol. The van der Waals surface area contributed by atoms with Crippen LogP contribution in [-0.2, 0) is 35.1 Å². The van der Waals surface area contributed by atoms with Crippen LogP contribution in [0.3, 0.4) is 0 Å². The van der Waals surface area contributed by atoms with Crippen LogP contribution in [-0.4, -0.2) is 53.3 Å². The summed E-state index contributed by atoms with van der Waals surface area (Å²) in [4.78, 5) is 53.5. The van der Waals surface area contributed by atoms with Crippen molar-refractivity contribution in [3.8, 4) is 5.75 Å². The Bertz CT molecular complexity index is 1590. The third kappa shape index (κ3) is 5.53. The fourth-order valence-electron chi connectivity index (χ4n) is 13.4. The van der Waals surface area contributed by atoms with Crippen LogP contribution in [0.4, 0.5) is 0 Å². The predicted molar refractivity (Wildman–Crippen MR) is 192 cm³/mol. The summed E-state index contributed by atoms with van der Waals surface area (Å²) in [5, 5.41) is 23.6. The normalized spacial score (nSPS) is 41.8. The largest absolute Gasteiger partial charge is 0.508 e. The standard InChI is InChI=1S/C42H59NO8/c1-24(2)28-15-20-42(37(48)49)22-21-39(5)29(34(28)42)13-14-31-38(4)18-17-33(51-25(3)44)41(7,32(38)16-19-40(31,39)6)36(47)43-30(35(46)50-8)23-26-9-11-27(45)12-10-26/h9-12,28-34,45H,1,13-23H2,2-8H3,(H,43,47)(H,48,49)/t28-,29+,30-,31+,32+,33+,34+,38+,39+,40+,41-,42-/m0/s1. The van der Waals surface area contributed by atoms with E-state index in [0.29, 0.717) is 12.8 Å². The Hall–Kier alpha value is -3.36. The first-order chi connectivity index (χ1) is 23.9. The Morgan fingerprint density at radius 3 is 2.18 bits per heavy atom. The molecule has 51 heavy (non-hydrogen) atoms. The second-order valence-corrected chi connectivity index (χ2v) is 18.0. The van der Waals surface area contributed by atoms with Crippen molar-refractivity contribution in [1.82, 2.24) is 5.32 Å². The van der Waals surface area contributed by atoms with Crippen LogP contribution in [0.1, 0.15) is 111 Å². The quantitative estimate of drug-likeness (QED) is 0.190. The van der Waals surface area contributed by atoms with Crippen molar-refractivity contribution in [3.05, 3.63) is 42.0 Å². The molecule has 0 aromatic heterocycles. The van der Waals surface area contributed by atoms with Crippen molar-refractivity contribution in [3.63, 3.8) is 0 Å². The van der Waals surface area contributed by atoms with E-state index in [2.05, 4.69) is 39.6 Å². The maximum atomic E-state index is 14.8. The number of aliphatic carboxylic acids is 1. The molecule has 0 saturated heterocycles. The molecule has 1 amide bonds. The van der Waals surface area contributed by atoms with Crippen LogP contribution in [0.2, 0.25) is 0 Å². The maximum absolute atomic E-state index is 14.8. The minimum atomic E-state index is -1.11. The SMILES string of the molecule is C=C(C)[C@@H]1CC[C@]2(C(=O)O)CC[C@]3(C)[C@H](CC[C@@H]4[C@@]5(C)CC[C@@H](OC(C)=O)[C@@](C)(C(=O)N[C@@H](Cc6ccc(O)cc6)C(=O)OC)[C@@H]5CC[C@]43C)[C@@H]12. The highest BCUT2D eigenvalue weighted by Crippen LogP contribution is 2.77. The number of phenols is 1. The molecule has 6 rings (SSSR count). The Morgan fingerprint density at radius 1 is 0.882 bits per heavy atom. The number of allylic oxidation sites excluding steroid dienone is 1. The van der Waals surface area contributed by atoms with Gasteiger partial charge in [-0.25, -0.2) is 4.79 Å². The third-order valence-corrected chi connectivity index (χ3v) is 16.1. The van der Waals surface area contributed by atoms with Gasteiger partial charge in [-0.1, -0.05) is 45.1 Å². The molecule has 280 valence electrons. The molecule has 5 fully saturated rings. The van der Waals surface area contributed by atoms with E-state index >= 15 is 0 Å². The van der Waals surface area contributed by atoms with E-state index in [1.165, 1.54) is 14.0 Å². The zero-order valence-corrected chi connectivity index (χ0v) is 31.7. The van der Waals surface area contributed by atoms with Crippen molar-refractivity contribution >= 4 is 23.8 Å². The molecule has 0 radical (unpaired) electrons. The topological polar surface area (TPSA) is 139 Å². The number of carboxylic acids is 1. The van der Waals surface area contributed by atoms with Crippen molar-refractivity contribution in [2.24, 2.45) is 56.7 Å². The molecular formula is C42H59NO8. The number of hydrogen-bond donors (Lipinski definition) is 3. The van der Waals surface area contributed by atoms with Crippen LogP contribution in [0.25, 0.3) is 0 Å². The molecule has 9 nitrogen and oxygen atoms in total. The van der Waals surface area contributed by atoms with Crippen molar-refractivity contribution in [1.29, 1.82) is 0 Å². The van der Waals surface area contributed by atoms with Gasteiger partial charge < -0.3 is 25.0 Å². The van der Waals surface area contributed by atoms with E-state index in [4.69, 9.17) is 9.47 Å². The number of fused-ring (bicyclic) bond motifs is 7. The fraction of sp³-hybridized carbons (Fsp3) is 0.714. The summed E-state index contributed by atoms with van der Waals surface area (Å²) in [6.45, 7) is 17.0.